The number of likely N-dealkylation sites (N-methyl/N-ethyl adjacent to an activating group) is 2. The molecule has 4 rings (SSSR count). The van der Waals surface area contributed by atoms with Gasteiger partial charge in [-0.1, -0.05) is 18.2 Å². The van der Waals surface area contributed by atoms with E-state index in [0.717, 1.165) is 66.7 Å². The van der Waals surface area contributed by atoms with Crippen LogP contribution in [-0.2, 0) is 13.1 Å². The smallest absolute Gasteiger partial charge is 0.251 e. The molecule has 2 aliphatic heterocycles. The highest BCUT2D eigenvalue weighted by molar-refractivity contribution is 8.00. The van der Waals surface area contributed by atoms with Gasteiger partial charge in [-0.15, -0.1) is 11.8 Å². The van der Waals surface area contributed by atoms with Gasteiger partial charge in [-0.3, -0.25) is 4.79 Å². The van der Waals surface area contributed by atoms with Crippen LogP contribution in [0.1, 0.15) is 35.3 Å². The van der Waals surface area contributed by atoms with E-state index in [-0.39, 0.29) is 5.91 Å². The molecule has 1 aromatic carbocycles. The Morgan fingerprint density at radius 2 is 2.21 bits per heavy atom. The topological polar surface area (TPSA) is 72.5 Å². The molecule has 1 fully saturated rings. The molecule has 7 nitrogen and oxygen atoms in total. The standard InChI is InChI=1S/C25H36N6OS/c1-17(2)31-16-21-20(25(32)28-14-23-27-9-11-33-23)13-22(29-24(21)31)19-7-5-6-18(12-19)15-30(4)10-8-26-3/h5-7,12-13,17,23,26-27H,8-11,14-16H2,1-4H3,(H,28,32). The highest BCUT2D eigenvalue weighted by Gasteiger charge is 2.32. The van der Waals surface area contributed by atoms with Crippen LogP contribution in [0, 0.1) is 0 Å². The van der Waals surface area contributed by atoms with E-state index in [9.17, 15) is 4.79 Å². The number of anilines is 1. The lowest BCUT2D eigenvalue weighted by Crippen LogP contribution is -2.42. The number of aromatic nitrogens is 1. The number of carbonyl (C=O) groups excluding carboxylic acids is 1. The van der Waals surface area contributed by atoms with Crippen LogP contribution in [-0.4, -0.2) is 73.2 Å². The molecule has 0 radical (unpaired) electrons. The number of carbonyl (C=O) groups is 1. The molecule has 3 N–H and O–H groups in total. The average molecular weight is 469 g/mol. The lowest BCUT2D eigenvalue weighted by atomic mass is 9.96. The van der Waals surface area contributed by atoms with Crippen LogP contribution in [0.25, 0.3) is 11.3 Å². The minimum Gasteiger partial charge on any atom is -0.350 e. The summed E-state index contributed by atoms with van der Waals surface area (Å²) in [6.45, 7) is 9.57. The SMILES string of the molecule is CNCCN(C)Cc1cccc(-c2cc(C(=O)NCC3NCCS3)c3c(n2)N(C(C)C)C3)c1. The van der Waals surface area contributed by atoms with Crippen molar-refractivity contribution in [3.63, 3.8) is 0 Å². The summed E-state index contributed by atoms with van der Waals surface area (Å²) in [6.07, 6.45) is 0. The van der Waals surface area contributed by atoms with Crippen LogP contribution in [0.2, 0.25) is 0 Å². The van der Waals surface area contributed by atoms with Crippen molar-refractivity contribution in [3.8, 4) is 11.3 Å². The Bertz CT molecular complexity index is 975. The molecule has 3 heterocycles. The fourth-order valence-corrected chi connectivity index (χ4v) is 5.25. The van der Waals surface area contributed by atoms with Crippen molar-refractivity contribution >= 4 is 23.5 Å². The molecular weight excluding hydrogens is 432 g/mol. The molecule has 0 saturated carbocycles. The zero-order valence-electron chi connectivity index (χ0n) is 20.1. The maximum absolute atomic E-state index is 13.2. The Morgan fingerprint density at radius 3 is 2.94 bits per heavy atom. The van der Waals surface area contributed by atoms with Gasteiger partial charge in [0.25, 0.3) is 5.91 Å². The Balaban J connectivity index is 1.58. The first-order valence-electron chi connectivity index (χ1n) is 11.8. The Labute approximate surface area is 201 Å². The van der Waals surface area contributed by atoms with Crippen molar-refractivity contribution < 1.29 is 4.79 Å². The molecule has 2 aliphatic rings. The first kappa shape index (κ1) is 24.0. The van der Waals surface area contributed by atoms with E-state index < -0.39 is 0 Å². The second-order valence-electron chi connectivity index (χ2n) is 9.14. The molecule has 8 heteroatoms. The lowest BCUT2D eigenvalue weighted by molar-refractivity contribution is 0.0951. The van der Waals surface area contributed by atoms with Crippen molar-refractivity contribution in [2.24, 2.45) is 0 Å². The monoisotopic (exact) mass is 468 g/mol. The number of nitrogens with zero attached hydrogens (tertiary/aromatic N) is 3. The molecule has 1 saturated heterocycles. The van der Waals surface area contributed by atoms with Crippen molar-refractivity contribution in [1.29, 1.82) is 0 Å². The molecule has 33 heavy (non-hydrogen) atoms. The summed E-state index contributed by atoms with van der Waals surface area (Å²) in [6, 6.07) is 10.9. The van der Waals surface area contributed by atoms with Gasteiger partial charge in [0, 0.05) is 62.2 Å². The summed E-state index contributed by atoms with van der Waals surface area (Å²) < 4.78 is 0. The first-order valence-corrected chi connectivity index (χ1v) is 12.9. The van der Waals surface area contributed by atoms with Gasteiger partial charge < -0.3 is 25.8 Å². The van der Waals surface area contributed by atoms with E-state index >= 15 is 0 Å². The van der Waals surface area contributed by atoms with Gasteiger partial charge >= 0.3 is 0 Å². The normalized spacial score (nSPS) is 17.4. The highest BCUT2D eigenvalue weighted by atomic mass is 32.2. The number of rotatable bonds is 10. The molecule has 2 aromatic rings. The van der Waals surface area contributed by atoms with Crippen LogP contribution >= 0.6 is 11.8 Å². The average Bonchev–Trinajstić information content (AvgIpc) is 3.30. The van der Waals surface area contributed by atoms with E-state index in [4.69, 9.17) is 4.98 Å². The van der Waals surface area contributed by atoms with E-state index in [1.54, 1.807) is 0 Å². The van der Waals surface area contributed by atoms with E-state index in [1.165, 1.54) is 5.56 Å². The summed E-state index contributed by atoms with van der Waals surface area (Å²) in [4.78, 5) is 22.7. The van der Waals surface area contributed by atoms with Crippen LogP contribution < -0.4 is 20.9 Å². The number of hydrogen-bond donors (Lipinski definition) is 3. The minimum absolute atomic E-state index is 0.00411. The minimum atomic E-state index is -0.00411. The Morgan fingerprint density at radius 1 is 1.36 bits per heavy atom. The van der Waals surface area contributed by atoms with Crippen molar-refractivity contribution in [3.05, 3.63) is 47.0 Å². The van der Waals surface area contributed by atoms with Crippen molar-refractivity contribution in [2.45, 2.75) is 38.4 Å². The summed E-state index contributed by atoms with van der Waals surface area (Å²) in [5.41, 5.74) is 4.96. The number of amides is 1. The van der Waals surface area contributed by atoms with Gasteiger partial charge in [0.15, 0.2) is 0 Å². The fourth-order valence-electron chi connectivity index (χ4n) is 4.30. The molecule has 0 spiro atoms. The quantitative estimate of drug-likeness (QED) is 0.495. The molecule has 1 atom stereocenters. The second kappa shape index (κ2) is 10.9. The number of pyridine rings is 1. The predicted octanol–water partition coefficient (Wildman–Crippen LogP) is 2.52. The largest absolute Gasteiger partial charge is 0.350 e. The molecule has 0 bridgehead atoms. The lowest BCUT2D eigenvalue weighted by Gasteiger charge is -2.39. The molecule has 1 unspecified atom stereocenters. The Kier molecular flexibility index (Phi) is 7.90. The third-order valence-electron chi connectivity index (χ3n) is 6.23. The van der Waals surface area contributed by atoms with Gasteiger partial charge in [-0.05, 0) is 45.6 Å². The zero-order valence-corrected chi connectivity index (χ0v) is 21.0. The third kappa shape index (κ3) is 5.69. The molecule has 1 amide bonds. The molecule has 0 aliphatic carbocycles. The van der Waals surface area contributed by atoms with Crippen molar-refractivity contribution in [1.82, 2.24) is 25.8 Å². The van der Waals surface area contributed by atoms with Gasteiger partial charge in [0.2, 0.25) is 0 Å². The molecule has 178 valence electrons. The zero-order chi connectivity index (χ0) is 23.4. The van der Waals surface area contributed by atoms with Crippen LogP contribution in [0.5, 0.6) is 0 Å². The van der Waals surface area contributed by atoms with Crippen LogP contribution in [0.15, 0.2) is 30.3 Å². The fraction of sp³-hybridized carbons (Fsp3) is 0.520. The highest BCUT2D eigenvalue weighted by Crippen LogP contribution is 2.38. The molecular formula is C25H36N6OS. The van der Waals surface area contributed by atoms with Gasteiger partial charge in [0.1, 0.15) is 5.82 Å². The number of fused-ring (bicyclic) bond motifs is 1. The van der Waals surface area contributed by atoms with Crippen LogP contribution in [0.3, 0.4) is 0 Å². The summed E-state index contributed by atoms with van der Waals surface area (Å²) >= 11 is 1.86. The second-order valence-corrected chi connectivity index (χ2v) is 10.5. The van der Waals surface area contributed by atoms with E-state index in [0.29, 0.717) is 18.0 Å². The van der Waals surface area contributed by atoms with Crippen molar-refractivity contribution in [2.75, 3.05) is 50.9 Å². The van der Waals surface area contributed by atoms with E-state index in [2.05, 4.69) is 70.9 Å². The summed E-state index contributed by atoms with van der Waals surface area (Å²) in [7, 11) is 4.11. The summed E-state index contributed by atoms with van der Waals surface area (Å²) in [5, 5.41) is 10.1. The van der Waals surface area contributed by atoms with Crippen LogP contribution in [0.4, 0.5) is 5.82 Å². The first-order chi connectivity index (χ1) is 16.0. The Hall–Kier alpha value is -2.13. The molecule has 1 aromatic heterocycles. The number of benzene rings is 1. The van der Waals surface area contributed by atoms with Gasteiger partial charge in [-0.25, -0.2) is 4.98 Å². The predicted molar refractivity (Wildman–Crippen MR) is 138 cm³/mol. The maximum atomic E-state index is 13.2. The maximum Gasteiger partial charge on any atom is 0.251 e. The summed E-state index contributed by atoms with van der Waals surface area (Å²) in [5.74, 6) is 2.03. The van der Waals surface area contributed by atoms with Gasteiger partial charge in [0.05, 0.1) is 16.6 Å². The number of nitrogens with one attached hydrogen (secondary N) is 3. The number of thioether (sulfide) groups is 1. The van der Waals surface area contributed by atoms with Gasteiger partial charge in [-0.2, -0.15) is 0 Å². The van der Waals surface area contributed by atoms with E-state index in [1.807, 2.05) is 24.9 Å². The third-order valence-corrected chi connectivity index (χ3v) is 7.41. The number of hydrogen-bond acceptors (Lipinski definition) is 7.